The van der Waals surface area contributed by atoms with Crippen molar-refractivity contribution in [2.75, 3.05) is 13.2 Å². The van der Waals surface area contributed by atoms with Gasteiger partial charge in [0.1, 0.15) is 12.4 Å². The van der Waals surface area contributed by atoms with E-state index in [1.807, 2.05) is 48.5 Å². The van der Waals surface area contributed by atoms with Crippen molar-refractivity contribution in [3.8, 4) is 5.75 Å². The fourth-order valence-electron chi connectivity index (χ4n) is 3.32. The van der Waals surface area contributed by atoms with Crippen LogP contribution in [-0.2, 0) is 22.5 Å². The third-order valence-electron chi connectivity index (χ3n) is 4.66. The maximum Gasteiger partial charge on any atom is 0.326 e. The molecule has 6 heteroatoms. The number of carbonyl (C=O) groups is 1. The number of imidazole rings is 1. The number of aryl methyl sites for hydroxylation is 1. The Morgan fingerprint density at radius 1 is 1.19 bits per heavy atom. The quantitative estimate of drug-likeness (QED) is 0.566. The Morgan fingerprint density at radius 2 is 2.00 bits per heavy atom. The van der Waals surface area contributed by atoms with E-state index in [0.717, 1.165) is 22.3 Å². The molecule has 1 N–H and O–H groups in total. The number of hydrogen-bond acceptors (Lipinski definition) is 4. The number of benzene rings is 2. The van der Waals surface area contributed by atoms with Gasteiger partial charge in [0.05, 0.1) is 23.6 Å². The van der Waals surface area contributed by atoms with Crippen molar-refractivity contribution in [1.82, 2.24) is 9.55 Å². The smallest absolute Gasteiger partial charge is 0.326 e. The lowest BCUT2D eigenvalue weighted by Gasteiger charge is -2.23. The van der Waals surface area contributed by atoms with Crippen LogP contribution in [0.5, 0.6) is 5.75 Å². The topological polar surface area (TPSA) is 73.3 Å². The lowest BCUT2D eigenvalue weighted by atomic mass is 9.97. The second-order valence-corrected chi connectivity index (χ2v) is 6.44. The summed E-state index contributed by atoms with van der Waals surface area (Å²) in [5.41, 5.74) is 2.56. The molecule has 134 valence electrons. The highest BCUT2D eigenvalue weighted by molar-refractivity contribution is 5.75. The average Bonchev–Trinajstić information content (AvgIpc) is 3.00. The van der Waals surface area contributed by atoms with Gasteiger partial charge in [-0.15, -0.1) is 0 Å². The summed E-state index contributed by atoms with van der Waals surface area (Å²) >= 11 is 0. The van der Waals surface area contributed by atoms with Gasteiger partial charge in [0.2, 0.25) is 0 Å². The van der Waals surface area contributed by atoms with Gasteiger partial charge >= 0.3 is 11.7 Å². The Balaban J connectivity index is 1.30. The van der Waals surface area contributed by atoms with Gasteiger partial charge in [-0.2, -0.15) is 0 Å². The summed E-state index contributed by atoms with van der Waals surface area (Å²) < 4.78 is 12.7. The SMILES string of the molecule is O=C(OCCCn1c(=O)[nH]c2ccccc21)[C@H]1COc2ccccc2C1. The van der Waals surface area contributed by atoms with E-state index in [9.17, 15) is 9.59 Å². The standard InChI is InChI=1S/C20H20N2O4/c23-19(15-12-14-6-1-4-9-18(14)26-13-15)25-11-5-10-22-17-8-3-2-7-16(17)21-20(22)24/h1-4,6-9,15H,5,10-13H2,(H,21,24)/t15-/m1/s1. The number of nitrogens with one attached hydrogen (secondary N) is 1. The number of fused-ring (bicyclic) bond motifs is 2. The van der Waals surface area contributed by atoms with Crippen LogP contribution in [0.15, 0.2) is 53.3 Å². The molecule has 26 heavy (non-hydrogen) atoms. The van der Waals surface area contributed by atoms with Gasteiger partial charge in [-0.3, -0.25) is 9.36 Å². The third kappa shape index (κ3) is 3.22. The average molecular weight is 352 g/mol. The molecule has 4 rings (SSSR count). The second-order valence-electron chi connectivity index (χ2n) is 6.44. The summed E-state index contributed by atoms with van der Waals surface area (Å²) in [5, 5.41) is 0. The van der Waals surface area contributed by atoms with Crippen molar-refractivity contribution in [1.29, 1.82) is 0 Å². The van der Waals surface area contributed by atoms with Crippen molar-refractivity contribution in [3.05, 3.63) is 64.6 Å². The molecule has 1 aliphatic heterocycles. The van der Waals surface area contributed by atoms with Crippen LogP contribution in [0.3, 0.4) is 0 Å². The zero-order valence-electron chi connectivity index (χ0n) is 14.3. The van der Waals surface area contributed by atoms with E-state index < -0.39 is 0 Å². The Bertz CT molecular complexity index is 989. The predicted molar refractivity (Wildman–Crippen MR) is 97.3 cm³/mol. The first-order valence-electron chi connectivity index (χ1n) is 8.77. The van der Waals surface area contributed by atoms with Crippen LogP contribution < -0.4 is 10.4 Å². The Hall–Kier alpha value is -3.02. The van der Waals surface area contributed by atoms with Crippen LogP contribution in [-0.4, -0.2) is 28.7 Å². The molecule has 1 aromatic heterocycles. The lowest BCUT2D eigenvalue weighted by molar-refractivity contribution is -0.150. The number of esters is 1. The predicted octanol–water partition coefficient (Wildman–Crippen LogP) is 2.51. The maximum absolute atomic E-state index is 12.3. The number of carbonyl (C=O) groups excluding carboxylic acids is 1. The van der Waals surface area contributed by atoms with Crippen molar-refractivity contribution in [2.45, 2.75) is 19.4 Å². The highest BCUT2D eigenvalue weighted by atomic mass is 16.5. The van der Waals surface area contributed by atoms with Gasteiger partial charge in [0.25, 0.3) is 0 Å². The molecule has 0 amide bonds. The first-order chi connectivity index (χ1) is 12.7. The van der Waals surface area contributed by atoms with E-state index in [2.05, 4.69) is 4.98 Å². The molecule has 0 spiro atoms. The van der Waals surface area contributed by atoms with Crippen molar-refractivity contribution in [3.63, 3.8) is 0 Å². The molecule has 0 saturated heterocycles. The Kier molecular flexibility index (Phi) is 4.48. The third-order valence-corrected chi connectivity index (χ3v) is 4.66. The largest absolute Gasteiger partial charge is 0.492 e. The van der Waals surface area contributed by atoms with Gasteiger partial charge in [0.15, 0.2) is 0 Å². The van der Waals surface area contributed by atoms with E-state index >= 15 is 0 Å². The molecule has 1 atom stereocenters. The molecule has 0 saturated carbocycles. The minimum Gasteiger partial charge on any atom is -0.492 e. The highest BCUT2D eigenvalue weighted by Crippen LogP contribution is 2.27. The fourth-order valence-corrected chi connectivity index (χ4v) is 3.32. The monoisotopic (exact) mass is 352 g/mol. The van der Waals surface area contributed by atoms with E-state index in [0.29, 0.717) is 26.0 Å². The summed E-state index contributed by atoms with van der Waals surface area (Å²) in [7, 11) is 0. The normalized spacial score (nSPS) is 16.1. The van der Waals surface area contributed by atoms with Crippen LogP contribution in [0.4, 0.5) is 0 Å². The van der Waals surface area contributed by atoms with E-state index in [-0.39, 0.29) is 24.2 Å². The van der Waals surface area contributed by atoms with E-state index in [1.165, 1.54) is 0 Å². The number of ether oxygens (including phenoxy) is 2. The molecule has 0 fully saturated rings. The number of aromatic nitrogens is 2. The number of aromatic amines is 1. The maximum atomic E-state index is 12.3. The van der Waals surface area contributed by atoms with Gasteiger partial charge in [-0.25, -0.2) is 4.79 Å². The summed E-state index contributed by atoms with van der Waals surface area (Å²) in [6.07, 6.45) is 1.22. The molecule has 0 aliphatic carbocycles. The lowest BCUT2D eigenvalue weighted by Crippen LogP contribution is -2.30. The summed E-state index contributed by atoms with van der Waals surface area (Å²) in [4.78, 5) is 27.1. The second kappa shape index (κ2) is 7.07. The van der Waals surface area contributed by atoms with Crippen LogP contribution >= 0.6 is 0 Å². The summed E-state index contributed by atoms with van der Waals surface area (Å²) in [5.74, 6) is 0.321. The molecule has 2 aromatic carbocycles. The van der Waals surface area contributed by atoms with Gasteiger partial charge in [-0.1, -0.05) is 30.3 Å². The number of para-hydroxylation sites is 3. The van der Waals surface area contributed by atoms with Crippen LogP contribution in [0, 0.1) is 5.92 Å². The fraction of sp³-hybridized carbons (Fsp3) is 0.300. The Morgan fingerprint density at radius 3 is 2.92 bits per heavy atom. The van der Waals surface area contributed by atoms with Gasteiger partial charge < -0.3 is 14.5 Å². The molecule has 2 heterocycles. The van der Waals surface area contributed by atoms with Crippen molar-refractivity contribution < 1.29 is 14.3 Å². The zero-order chi connectivity index (χ0) is 17.9. The molecule has 0 unspecified atom stereocenters. The summed E-state index contributed by atoms with van der Waals surface area (Å²) in [6, 6.07) is 15.3. The minimum atomic E-state index is -0.277. The zero-order valence-corrected chi connectivity index (χ0v) is 14.3. The molecule has 0 bridgehead atoms. The highest BCUT2D eigenvalue weighted by Gasteiger charge is 2.26. The van der Waals surface area contributed by atoms with E-state index in [1.54, 1.807) is 4.57 Å². The molecule has 3 aromatic rings. The number of hydrogen-bond donors (Lipinski definition) is 1. The number of H-pyrrole nitrogens is 1. The first-order valence-corrected chi connectivity index (χ1v) is 8.77. The van der Waals surface area contributed by atoms with Crippen LogP contribution in [0.25, 0.3) is 11.0 Å². The number of rotatable bonds is 5. The first kappa shape index (κ1) is 16.4. The minimum absolute atomic E-state index is 0.144. The van der Waals surface area contributed by atoms with Crippen LogP contribution in [0.1, 0.15) is 12.0 Å². The van der Waals surface area contributed by atoms with Crippen LogP contribution in [0.2, 0.25) is 0 Å². The van der Waals surface area contributed by atoms with Crippen molar-refractivity contribution in [2.24, 2.45) is 5.92 Å². The number of nitrogens with zero attached hydrogens (tertiary/aromatic N) is 1. The van der Waals surface area contributed by atoms with Gasteiger partial charge in [0, 0.05) is 6.54 Å². The molecule has 6 nitrogen and oxygen atoms in total. The van der Waals surface area contributed by atoms with E-state index in [4.69, 9.17) is 9.47 Å². The van der Waals surface area contributed by atoms with Crippen molar-refractivity contribution >= 4 is 17.0 Å². The van der Waals surface area contributed by atoms with Gasteiger partial charge in [-0.05, 0) is 36.6 Å². The summed E-state index contributed by atoms with van der Waals surface area (Å²) in [6.45, 7) is 1.13. The molecule has 0 radical (unpaired) electrons. The molecule has 1 aliphatic rings. The molecular formula is C20H20N2O4. The Labute approximate surface area is 150 Å². The molecular weight excluding hydrogens is 332 g/mol.